The summed E-state index contributed by atoms with van der Waals surface area (Å²) in [6, 6.07) is 14.3. The lowest BCUT2D eigenvalue weighted by Crippen LogP contribution is -2.42. The Hall–Kier alpha value is -2.60. The molecule has 1 aromatic carbocycles. The number of amides is 1. The fourth-order valence-electron chi connectivity index (χ4n) is 3.04. The predicted molar refractivity (Wildman–Crippen MR) is 98.8 cm³/mol. The van der Waals surface area contributed by atoms with Crippen LogP contribution in [0.3, 0.4) is 0 Å². The third kappa shape index (κ3) is 3.58. The second kappa shape index (κ2) is 7.11. The van der Waals surface area contributed by atoms with Gasteiger partial charge in [0, 0.05) is 30.2 Å². The standard InChI is InChI=1S/C19H19N3O2S/c23-19(16-13-25-18(21-16)17-7-4-12-24-17)22-10-8-15(9-11-22)20-14-5-2-1-3-6-14/h1-7,12-13,15,20H,8-11H2. The third-order valence-corrected chi connectivity index (χ3v) is 5.24. The molecule has 1 saturated heterocycles. The summed E-state index contributed by atoms with van der Waals surface area (Å²) in [7, 11) is 0. The minimum absolute atomic E-state index is 0.00668. The summed E-state index contributed by atoms with van der Waals surface area (Å²) in [6.07, 6.45) is 3.49. The van der Waals surface area contributed by atoms with Crippen molar-refractivity contribution >= 4 is 22.9 Å². The van der Waals surface area contributed by atoms with Gasteiger partial charge in [0.25, 0.3) is 5.91 Å². The van der Waals surface area contributed by atoms with E-state index in [1.165, 1.54) is 11.3 Å². The number of benzene rings is 1. The van der Waals surface area contributed by atoms with Crippen molar-refractivity contribution in [1.82, 2.24) is 9.88 Å². The Kier molecular flexibility index (Phi) is 4.52. The molecule has 1 aliphatic heterocycles. The van der Waals surface area contributed by atoms with Gasteiger partial charge in [-0.25, -0.2) is 4.98 Å². The Morgan fingerprint density at radius 1 is 1.16 bits per heavy atom. The molecule has 4 rings (SSSR count). The molecule has 1 aliphatic rings. The summed E-state index contributed by atoms with van der Waals surface area (Å²) in [4.78, 5) is 19.0. The summed E-state index contributed by atoms with van der Waals surface area (Å²) >= 11 is 1.44. The molecule has 1 amide bonds. The molecule has 128 valence electrons. The van der Waals surface area contributed by atoms with Crippen molar-refractivity contribution in [2.75, 3.05) is 18.4 Å². The number of aromatic nitrogens is 1. The molecule has 25 heavy (non-hydrogen) atoms. The number of piperidine rings is 1. The highest BCUT2D eigenvalue weighted by Gasteiger charge is 2.25. The lowest BCUT2D eigenvalue weighted by atomic mass is 10.0. The topological polar surface area (TPSA) is 58.4 Å². The van der Waals surface area contributed by atoms with Gasteiger partial charge in [0.2, 0.25) is 0 Å². The Labute approximate surface area is 150 Å². The minimum Gasteiger partial charge on any atom is -0.462 e. The van der Waals surface area contributed by atoms with Crippen molar-refractivity contribution in [2.24, 2.45) is 0 Å². The summed E-state index contributed by atoms with van der Waals surface area (Å²) in [5, 5.41) is 6.10. The van der Waals surface area contributed by atoms with Crippen LogP contribution in [0.15, 0.2) is 58.5 Å². The maximum atomic E-state index is 12.7. The molecule has 5 nitrogen and oxygen atoms in total. The van der Waals surface area contributed by atoms with Crippen LogP contribution in [-0.4, -0.2) is 34.9 Å². The lowest BCUT2D eigenvalue weighted by molar-refractivity contribution is 0.0713. The van der Waals surface area contributed by atoms with Gasteiger partial charge in [-0.3, -0.25) is 4.79 Å². The van der Waals surface area contributed by atoms with E-state index in [4.69, 9.17) is 4.42 Å². The molecule has 0 radical (unpaired) electrons. The largest absolute Gasteiger partial charge is 0.462 e. The van der Waals surface area contributed by atoms with Crippen molar-refractivity contribution in [3.8, 4) is 10.8 Å². The van der Waals surface area contributed by atoms with Crippen LogP contribution in [0.4, 0.5) is 5.69 Å². The average Bonchev–Trinajstić information content (AvgIpc) is 3.34. The van der Waals surface area contributed by atoms with Crippen molar-refractivity contribution in [2.45, 2.75) is 18.9 Å². The first kappa shape index (κ1) is 15.9. The van der Waals surface area contributed by atoms with E-state index in [2.05, 4.69) is 22.4 Å². The number of likely N-dealkylation sites (tertiary alicyclic amines) is 1. The molecule has 0 spiro atoms. The van der Waals surface area contributed by atoms with Crippen LogP contribution in [0.25, 0.3) is 10.8 Å². The number of carbonyl (C=O) groups is 1. The van der Waals surface area contributed by atoms with Crippen LogP contribution in [0.2, 0.25) is 0 Å². The summed E-state index contributed by atoms with van der Waals surface area (Å²) < 4.78 is 5.34. The number of anilines is 1. The molecule has 0 atom stereocenters. The van der Waals surface area contributed by atoms with Crippen molar-refractivity contribution in [3.63, 3.8) is 0 Å². The van der Waals surface area contributed by atoms with Crippen molar-refractivity contribution in [3.05, 3.63) is 59.8 Å². The number of rotatable bonds is 4. The van der Waals surface area contributed by atoms with Crippen molar-refractivity contribution in [1.29, 1.82) is 0 Å². The number of carbonyl (C=O) groups excluding carboxylic acids is 1. The zero-order valence-corrected chi connectivity index (χ0v) is 14.5. The molecule has 0 unspecified atom stereocenters. The molecule has 1 fully saturated rings. The Bertz CT molecular complexity index is 821. The second-order valence-corrected chi connectivity index (χ2v) is 6.95. The molecule has 0 saturated carbocycles. The van der Waals surface area contributed by atoms with Crippen LogP contribution in [0.1, 0.15) is 23.3 Å². The van der Waals surface area contributed by atoms with Crippen LogP contribution in [0.5, 0.6) is 0 Å². The monoisotopic (exact) mass is 353 g/mol. The van der Waals surface area contributed by atoms with Crippen molar-refractivity contribution < 1.29 is 9.21 Å². The van der Waals surface area contributed by atoms with E-state index >= 15 is 0 Å². The lowest BCUT2D eigenvalue weighted by Gasteiger charge is -2.32. The molecule has 6 heteroatoms. The van der Waals surface area contributed by atoms with E-state index in [9.17, 15) is 4.79 Å². The van der Waals surface area contributed by atoms with Gasteiger partial charge < -0.3 is 14.6 Å². The molecule has 2 aromatic heterocycles. The van der Waals surface area contributed by atoms with Crippen LogP contribution < -0.4 is 5.32 Å². The quantitative estimate of drug-likeness (QED) is 0.766. The number of nitrogens with zero attached hydrogens (tertiary/aromatic N) is 2. The normalized spacial score (nSPS) is 15.3. The number of furan rings is 1. The van der Waals surface area contributed by atoms with E-state index in [0.717, 1.165) is 36.6 Å². The fourth-order valence-corrected chi connectivity index (χ4v) is 3.80. The van der Waals surface area contributed by atoms with E-state index < -0.39 is 0 Å². The van der Waals surface area contributed by atoms with Gasteiger partial charge in [-0.1, -0.05) is 18.2 Å². The highest BCUT2D eigenvalue weighted by Crippen LogP contribution is 2.25. The maximum absolute atomic E-state index is 12.7. The highest BCUT2D eigenvalue weighted by molar-refractivity contribution is 7.13. The van der Waals surface area contributed by atoms with E-state index in [-0.39, 0.29) is 5.91 Å². The zero-order chi connectivity index (χ0) is 17.1. The fraction of sp³-hybridized carbons (Fsp3) is 0.263. The van der Waals surface area contributed by atoms with Gasteiger partial charge in [0.05, 0.1) is 6.26 Å². The maximum Gasteiger partial charge on any atom is 0.273 e. The zero-order valence-electron chi connectivity index (χ0n) is 13.7. The van der Waals surface area contributed by atoms with E-state index in [0.29, 0.717) is 17.5 Å². The van der Waals surface area contributed by atoms with E-state index in [1.54, 1.807) is 6.26 Å². The Balaban J connectivity index is 1.35. The summed E-state index contributed by atoms with van der Waals surface area (Å²) in [5.74, 6) is 0.710. The summed E-state index contributed by atoms with van der Waals surface area (Å²) in [6.45, 7) is 1.49. The Morgan fingerprint density at radius 2 is 1.96 bits per heavy atom. The van der Waals surface area contributed by atoms with Gasteiger partial charge in [0.1, 0.15) is 5.69 Å². The van der Waals surface area contributed by atoms with Crippen LogP contribution in [0, 0.1) is 0 Å². The molecular formula is C19H19N3O2S. The van der Waals surface area contributed by atoms with Crippen LogP contribution >= 0.6 is 11.3 Å². The van der Waals surface area contributed by atoms with Gasteiger partial charge in [0.15, 0.2) is 10.8 Å². The summed E-state index contributed by atoms with van der Waals surface area (Å²) in [5.41, 5.74) is 1.64. The molecule has 3 heterocycles. The first-order valence-electron chi connectivity index (χ1n) is 8.40. The number of thiazole rings is 1. The SMILES string of the molecule is O=C(c1csc(-c2ccco2)n1)N1CCC(Nc2ccccc2)CC1. The second-order valence-electron chi connectivity index (χ2n) is 6.09. The number of nitrogens with one attached hydrogen (secondary N) is 1. The highest BCUT2D eigenvalue weighted by atomic mass is 32.1. The molecule has 1 N–H and O–H groups in total. The number of hydrogen-bond acceptors (Lipinski definition) is 5. The van der Waals surface area contributed by atoms with Crippen LogP contribution in [-0.2, 0) is 0 Å². The van der Waals surface area contributed by atoms with Gasteiger partial charge in [-0.2, -0.15) is 0 Å². The molecular weight excluding hydrogens is 334 g/mol. The first-order chi connectivity index (χ1) is 12.3. The minimum atomic E-state index is 0.00668. The van der Waals surface area contributed by atoms with Gasteiger partial charge >= 0.3 is 0 Å². The predicted octanol–water partition coefficient (Wildman–Crippen LogP) is 4.12. The average molecular weight is 353 g/mol. The molecule has 0 bridgehead atoms. The van der Waals surface area contributed by atoms with Gasteiger partial charge in [-0.05, 0) is 37.1 Å². The number of para-hydroxylation sites is 1. The molecule has 0 aliphatic carbocycles. The first-order valence-corrected chi connectivity index (χ1v) is 9.28. The molecule has 3 aromatic rings. The van der Waals surface area contributed by atoms with Gasteiger partial charge in [-0.15, -0.1) is 11.3 Å². The Morgan fingerprint density at radius 3 is 2.68 bits per heavy atom. The smallest absolute Gasteiger partial charge is 0.273 e. The van der Waals surface area contributed by atoms with E-state index in [1.807, 2.05) is 40.6 Å². The third-order valence-electron chi connectivity index (χ3n) is 4.38. The number of hydrogen-bond donors (Lipinski definition) is 1.